The SMILES string of the molecule is CCCCCN1C[C@H](O)[C@H]2OC(C)(C)O[C@@H]2[C@@H]1CO. The highest BCUT2D eigenvalue weighted by Crippen LogP contribution is 2.36. The fraction of sp³-hybridized carbons (Fsp3) is 1.00. The summed E-state index contributed by atoms with van der Waals surface area (Å²) in [7, 11) is 0. The molecule has 0 bridgehead atoms. The van der Waals surface area contributed by atoms with E-state index >= 15 is 0 Å². The number of likely N-dealkylation sites (tertiary alicyclic amines) is 1. The first-order valence-electron chi connectivity index (χ1n) is 7.37. The minimum absolute atomic E-state index is 0.0411. The molecule has 19 heavy (non-hydrogen) atoms. The second kappa shape index (κ2) is 6.06. The van der Waals surface area contributed by atoms with E-state index in [2.05, 4.69) is 11.8 Å². The predicted octanol–water partition coefficient (Wildman–Crippen LogP) is 0.734. The minimum Gasteiger partial charge on any atom is -0.395 e. The van der Waals surface area contributed by atoms with Crippen LogP contribution in [-0.4, -0.2) is 65.0 Å². The number of rotatable bonds is 5. The van der Waals surface area contributed by atoms with Crippen LogP contribution in [0.15, 0.2) is 0 Å². The zero-order valence-corrected chi connectivity index (χ0v) is 12.2. The fourth-order valence-corrected chi connectivity index (χ4v) is 3.14. The summed E-state index contributed by atoms with van der Waals surface area (Å²) < 4.78 is 11.6. The normalized spacial score (nSPS) is 38.4. The number of piperidine rings is 1. The number of ether oxygens (including phenoxy) is 2. The fourth-order valence-electron chi connectivity index (χ4n) is 3.14. The van der Waals surface area contributed by atoms with E-state index in [1.54, 1.807) is 0 Å². The lowest BCUT2D eigenvalue weighted by Crippen LogP contribution is -2.61. The Bertz CT molecular complexity index is 297. The summed E-state index contributed by atoms with van der Waals surface area (Å²) in [6.07, 6.45) is 2.30. The molecule has 0 unspecified atom stereocenters. The van der Waals surface area contributed by atoms with Gasteiger partial charge in [0.2, 0.25) is 0 Å². The third-order valence-electron chi connectivity index (χ3n) is 4.05. The molecule has 0 aliphatic carbocycles. The van der Waals surface area contributed by atoms with Crippen molar-refractivity contribution in [3.8, 4) is 0 Å². The topological polar surface area (TPSA) is 62.2 Å². The monoisotopic (exact) mass is 273 g/mol. The van der Waals surface area contributed by atoms with Crippen LogP contribution in [0, 0.1) is 0 Å². The van der Waals surface area contributed by atoms with Crippen molar-refractivity contribution in [2.45, 2.75) is 70.2 Å². The molecule has 0 amide bonds. The van der Waals surface area contributed by atoms with Gasteiger partial charge >= 0.3 is 0 Å². The third-order valence-corrected chi connectivity index (χ3v) is 4.05. The molecule has 0 saturated carbocycles. The Balaban J connectivity index is 2.04. The Morgan fingerprint density at radius 1 is 1.21 bits per heavy atom. The van der Waals surface area contributed by atoms with Crippen LogP contribution in [0.25, 0.3) is 0 Å². The van der Waals surface area contributed by atoms with Gasteiger partial charge in [0.15, 0.2) is 5.79 Å². The molecule has 2 rings (SSSR count). The largest absolute Gasteiger partial charge is 0.395 e. The summed E-state index contributed by atoms with van der Waals surface area (Å²) in [5, 5.41) is 19.9. The van der Waals surface area contributed by atoms with Crippen molar-refractivity contribution in [1.29, 1.82) is 0 Å². The molecule has 0 aromatic rings. The number of nitrogens with zero attached hydrogens (tertiary/aromatic N) is 1. The zero-order chi connectivity index (χ0) is 14.0. The van der Waals surface area contributed by atoms with Crippen LogP contribution in [0.4, 0.5) is 0 Å². The van der Waals surface area contributed by atoms with Crippen molar-refractivity contribution in [3.05, 3.63) is 0 Å². The van der Waals surface area contributed by atoms with Crippen molar-refractivity contribution in [2.75, 3.05) is 19.7 Å². The maximum absolute atomic E-state index is 10.2. The molecule has 2 saturated heterocycles. The molecule has 112 valence electrons. The van der Waals surface area contributed by atoms with Crippen LogP contribution in [0.1, 0.15) is 40.0 Å². The zero-order valence-electron chi connectivity index (χ0n) is 12.2. The van der Waals surface area contributed by atoms with E-state index in [1.165, 1.54) is 12.8 Å². The van der Waals surface area contributed by atoms with E-state index in [1.807, 2.05) is 13.8 Å². The average Bonchev–Trinajstić information content (AvgIpc) is 2.66. The molecule has 0 radical (unpaired) electrons. The lowest BCUT2D eigenvalue weighted by atomic mass is 9.94. The second-order valence-corrected chi connectivity index (χ2v) is 6.08. The van der Waals surface area contributed by atoms with E-state index in [9.17, 15) is 10.2 Å². The van der Waals surface area contributed by atoms with Gasteiger partial charge < -0.3 is 19.7 Å². The van der Waals surface area contributed by atoms with E-state index < -0.39 is 11.9 Å². The maximum atomic E-state index is 10.2. The van der Waals surface area contributed by atoms with Crippen LogP contribution in [0.3, 0.4) is 0 Å². The molecular formula is C14H27NO4. The van der Waals surface area contributed by atoms with Gasteiger partial charge in [-0.15, -0.1) is 0 Å². The molecule has 2 fully saturated rings. The summed E-state index contributed by atoms with van der Waals surface area (Å²) >= 11 is 0. The summed E-state index contributed by atoms with van der Waals surface area (Å²) in [6, 6.07) is -0.0768. The lowest BCUT2D eigenvalue weighted by Gasteiger charge is -2.42. The van der Waals surface area contributed by atoms with Gasteiger partial charge in [-0.1, -0.05) is 19.8 Å². The molecule has 2 N–H and O–H groups in total. The van der Waals surface area contributed by atoms with Gasteiger partial charge in [0.05, 0.1) is 18.8 Å². The molecule has 0 aromatic carbocycles. The van der Waals surface area contributed by atoms with Crippen molar-refractivity contribution in [2.24, 2.45) is 0 Å². The van der Waals surface area contributed by atoms with E-state index in [4.69, 9.17) is 9.47 Å². The van der Waals surface area contributed by atoms with Crippen molar-refractivity contribution in [3.63, 3.8) is 0 Å². The summed E-state index contributed by atoms with van der Waals surface area (Å²) in [4.78, 5) is 2.15. The number of β-amino-alcohol motifs (C(OH)–C–C–N with tert-alkyl or cyclic N) is 1. The van der Waals surface area contributed by atoms with E-state index in [0.717, 1.165) is 13.0 Å². The molecule has 0 spiro atoms. The molecule has 2 heterocycles. The van der Waals surface area contributed by atoms with Crippen molar-refractivity contribution < 1.29 is 19.7 Å². The first-order valence-corrected chi connectivity index (χ1v) is 7.37. The van der Waals surface area contributed by atoms with Gasteiger partial charge in [0.25, 0.3) is 0 Å². The smallest absolute Gasteiger partial charge is 0.163 e. The highest BCUT2D eigenvalue weighted by atomic mass is 16.8. The number of aliphatic hydroxyl groups is 2. The van der Waals surface area contributed by atoms with Gasteiger partial charge in [0.1, 0.15) is 12.2 Å². The first-order chi connectivity index (χ1) is 8.98. The van der Waals surface area contributed by atoms with Gasteiger partial charge in [0, 0.05) is 6.54 Å². The molecule has 5 heteroatoms. The minimum atomic E-state index is -0.677. The quantitative estimate of drug-likeness (QED) is 0.723. The average molecular weight is 273 g/mol. The Morgan fingerprint density at radius 3 is 2.53 bits per heavy atom. The number of aliphatic hydroxyl groups excluding tert-OH is 2. The second-order valence-electron chi connectivity index (χ2n) is 6.08. The summed E-state index contributed by atoms with van der Waals surface area (Å²) in [5.74, 6) is -0.677. The summed E-state index contributed by atoms with van der Waals surface area (Å²) in [5.41, 5.74) is 0. The highest BCUT2D eigenvalue weighted by molar-refractivity contribution is 5.00. The Kier molecular flexibility index (Phi) is 4.84. The molecular weight excluding hydrogens is 246 g/mol. The maximum Gasteiger partial charge on any atom is 0.163 e. The summed E-state index contributed by atoms with van der Waals surface area (Å²) in [6.45, 7) is 7.36. The molecule has 4 atom stereocenters. The molecule has 2 aliphatic heterocycles. The number of hydrogen-bond donors (Lipinski definition) is 2. The van der Waals surface area contributed by atoms with Gasteiger partial charge in [-0.05, 0) is 26.8 Å². The van der Waals surface area contributed by atoms with Crippen molar-refractivity contribution >= 4 is 0 Å². The number of fused-ring (bicyclic) bond motifs is 1. The standard InChI is InChI=1S/C14H27NO4/c1-4-5-6-7-15-8-11(17)13-12(10(15)9-16)18-14(2,3)19-13/h10-13,16-17H,4-9H2,1-3H3/t10-,11-,12+,13+/m0/s1. The highest BCUT2D eigenvalue weighted by Gasteiger charge is 2.52. The molecule has 0 aromatic heterocycles. The van der Waals surface area contributed by atoms with Crippen LogP contribution in [-0.2, 0) is 9.47 Å². The van der Waals surface area contributed by atoms with Gasteiger partial charge in [-0.3, -0.25) is 4.90 Å². The van der Waals surface area contributed by atoms with E-state index in [0.29, 0.717) is 6.54 Å². The van der Waals surface area contributed by atoms with Crippen molar-refractivity contribution in [1.82, 2.24) is 4.90 Å². The third kappa shape index (κ3) is 3.28. The predicted molar refractivity (Wildman–Crippen MR) is 71.8 cm³/mol. The van der Waals surface area contributed by atoms with Crippen LogP contribution < -0.4 is 0 Å². The lowest BCUT2D eigenvalue weighted by molar-refractivity contribution is -0.153. The van der Waals surface area contributed by atoms with Crippen LogP contribution in [0.5, 0.6) is 0 Å². The molecule has 5 nitrogen and oxygen atoms in total. The van der Waals surface area contributed by atoms with Crippen LogP contribution in [0.2, 0.25) is 0 Å². The Labute approximate surface area is 115 Å². The number of unbranched alkanes of at least 4 members (excludes halogenated alkanes) is 2. The Morgan fingerprint density at radius 2 is 1.89 bits per heavy atom. The number of hydrogen-bond acceptors (Lipinski definition) is 5. The van der Waals surface area contributed by atoms with Gasteiger partial charge in [-0.2, -0.15) is 0 Å². The van der Waals surface area contributed by atoms with E-state index in [-0.39, 0.29) is 24.9 Å². The molecule has 2 aliphatic rings. The first kappa shape index (κ1) is 15.2. The Hall–Kier alpha value is -0.200. The van der Waals surface area contributed by atoms with Gasteiger partial charge in [-0.25, -0.2) is 0 Å². The van der Waals surface area contributed by atoms with Crippen LogP contribution >= 0.6 is 0 Å².